The van der Waals surface area contributed by atoms with E-state index in [0.29, 0.717) is 18.6 Å². The van der Waals surface area contributed by atoms with Crippen molar-refractivity contribution in [3.05, 3.63) is 35.4 Å². The first kappa shape index (κ1) is 16.2. The Balaban J connectivity index is 2.68. The minimum Gasteiger partial charge on any atom is -0.466 e. The highest BCUT2D eigenvalue weighted by molar-refractivity contribution is 5.91. The summed E-state index contributed by atoms with van der Waals surface area (Å²) in [5.41, 5.74) is 1.40. The third-order valence-electron chi connectivity index (χ3n) is 2.95. The molecule has 1 atom stereocenters. The van der Waals surface area contributed by atoms with Gasteiger partial charge in [-0.25, -0.2) is 4.79 Å². The Morgan fingerprint density at radius 1 is 1.20 bits per heavy atom. The van der Waals surface area contributed by atoms with Gasteiger partial charge in [-0.15, -0.1) is 0 Å². The molecule has 0 spiro atoms. The molecule has 4 nitrogen and oxygen atoms in total. The number of rotatable bonds is 7. The Morgan fingerprint density at radius 3 is 2.50 bits per heavy atom. The predicted molar refractivity (Wildman–Crippen MR) is 76.5 cm³/mol. The first-order valence-corrected chi connectivity index (χ1v) is 7.00. The smallest absolute Gasteiger partial charge is 0.338 e. The van der Waals surface area contributed by atoms with Gasteiger partial charge in [-0.1, -0.05) is 31.5 Å². The number of benzene rings is 1. The molecule has 0 aliphatic carbocycles. The molecule has 110 valence electrons. The zero-order valence-corrected chi connectivity index (χ0v) is 12.3. The van der Waals surface area contributed by atoms with E-state index in [1.54, 1.807) is 19.1 Å². The van der Waals surface area contributed by atoms with Gasteiger partial charge in [0.1, 0.15) is 6.10 Å². The van der Waals surface area contributed by atoms with Gasteiger partial charge in [-0.3, -0.25) is 4.79 Å². The molecule has 1 aromatic rings. The third kappa shape index (κ3) is 5.03. The van der Waals surface area contributed by atoms with Crippen molar-refractivity contribution in [2.45, 2.75) is 46.1 Å². The number of esters is 2. The average molecular weight is 278 g/mol. The van der Waals surface area contributed by atoms with E-state index in [1.165, 1.54) is 0 Å². The van der Waals surface area contributed by atoms with E-state index in [-0.39, 0.29) is 18.4 Å². The van der Waals surface area contributed by atoms with Gasteiger partial charge < -0.3 is 9.47 Å². The Bertz CT molecular complexity index is 454. The summed E-state index contributed by atoms with van der Waals surface area (Å²) in [7, 11) is 0. The maximum absolute atomic E-state index is 12.1. The molecule has 4 heteroatoms. The molecule has 0 saturated carbocycles. The zero-order chi connectivity index (χ0) is 15.0. The van der Waals surface area contributed by atoms with Crippen LogP contribution in [-0.4, -0.2) is 24.6 Å². The molecule has 1 rings (SSSR count). The molecule has 0 heterocycles. The van der Waals surface area contributed by atoms with Crippen LogP contribution in [0.15, 0.2) is 24.3 Å². The van der Waals surface area contributed by atoms with Gasteiger partial charge in [-0.2, -0.15) is 0 Å². The van der Waals surface area contributed by atoms with Gasteiger partial charge >= 0.3 is 11.9 Å². The van der Waals surface area contributed by atoms with E-state index >= 15 is 0 Å². The maximum atomic E-state index is 12.1. The average Bonchev–Trinajstić information content (AvgIpc) is 2.39. The van der Waals surface area contributed by atoms with Gasteiger partial charge in [0, 0.05) is 0 Å². The molecular weight excluding hydrogens is 256 g/mol. The Morgan fingerprint density at radius 2 is 1.90 bits per heavy atom. The largest absolute Gasteiger partial charge is 0.466 e. The molecule has 0 bridgehead atoms. The Labute approximate surface area is 120 Å². The Kier molecular flexibility index (Phi) is 6.77. The van der Waals surface area contributed by atoms with E-state index in [9.17, 15) is 9.59 Å². The highest BCUT2D eigenvalue weighted by Crippen LogP contribution is 2.14. The normalized spacial score (nSPS) is 11.8. The van der Waals surface area contributed by atoms with Gasteiger partial charge in [0.25, 0.3) is 0 Å². The number of carbonyl (C=O) groups is 2. The van der Waals surface area contributed by atoms with Crippen LogP contribution < -0.4 is 0 Å². The van der Waals surface area contributed by atoms with Crippen molar-refractivity contribution in [3.63, 3.8) is 0 Å². The van der Waals surface area contributed by atoms with E-state index in [2.05, 4.69) is 0 Å². The number of aryl methyl sites for hydroxylation is 1. The van der Waals surface area contributed by atoms with Crippen LogP contribution in [0.3, 0.4) is 0 Å². The van der Waals surface area contributed by atoms with Crippen LogP contribution in [-0.2, 0) is 14.3 Å². The molecule has 0 aliphatic heterocycles. The summed E-state index contributed by atoms with van der Waals surface area (Å²) in [6, 6.07) is 7.25. The van der Waals surface area contributed by atoms with E-state index in [4.69, 9.17) is 9.47 Å². The first-order valence-electron chi connectivity index (χ1n) is 7.00. The van der Waals surface area contributed by atoms with Crippen molar-refractivity contribution in [2.24, 2.45) is 0 Å². The fraction of sp³-hybridized carbons (Fsp3) is 0.500. The van der Waals surface area contributed by atoms with Gasteiger partial charge in [-0.05, 0) is 31.9 Å². The van der Waals surface area contributed by atoms with Crippen LogP contribution in [0, 0.1) is 6.92 Å². The monoisotopic (exact) mass is 278 g/mol. The molecule has 0 saturated heterocycles. The Hall–Kier alpha value is -1.84. The molecule has 0 N–H and O–H groups in total. The molecule has 20 heavy (non-hydrogen) atoms. The molecule has 0 amide bonds. The molecule has 1 aromatic carbocycles. The molecular formula is C16H22O4. The molecule has 1 unspecified atom stereocenters. The summed E-state index contributed by atoms with van der Waals surface area (Å²) in [5, 5.41) is 0. The van der Waals surface area contributed by atoms with Crippen LogP contribution in [0.1, 0.15) is 49.0 Å². The van der Waals surface area contributed by atoms with E-state index < -0.39 is 6.10 Å². The molecule has 0 aliphatic rings. The standard InChI is InChI=1S/C16H22O4/c1-4-8-13(11-15(17)19-5-2)20-16(18)14-10-7-6-9-12(14)3/h6-7,9-10,13H,4-5,8,11H2,1-3H3. The van der Waals surface area contributed by atoms with Crippen LogP contribution >= 0.6 is 0 Å². The van der Waals surface area contributed by atoms with Crippen molar-refractivity contribution in [2.75, 3.05) is 6.61 Å². The van der Waals surface area contributed by atoms with Crippen molar-refractivity contribution in [3.8, 4) is 0 Å². The third-order valence-corrected chi connectivity index (χ3v) is 2.95. The van der Waals surface area contributed by atoms with Crippen molar-refractivity contribution in [1.82, 2.24) is 0 Å². The minimum atomic E-state index is -0.425. The van der Waals surface area contributed by atoms with Crippen molar-refractivity contribution >= 4 is 11.9 Å². The summed E-state index contributed by atoms with van der Waals surface area (Å²) in [6.07, 6.45) is 1.17. The van der Waals surface area contributed by atoms with Crippen LogP contribution in [0.4, 0.5) is 0 Å². The summed E-state index contributed by atoms with van der Waals surface area (Å²) >= 11 is 0. The zero-order valence-electron chi connectivity index (χ0n) is 12.3. The summed E-state index contributed by atoms with van der Waals surface area (Å²) in [4.78, 5) is 23.6. The van der Waals surface area contributed by atoms with Gasteiger partial charge in [0.15, 0.2) is 0 Å². The summed E-state index contributed by atoms with van der Waals surface area (Å²) < 4.78 is 10.3. The quantitative estimate of drug-likeness (QED) is 0.718. The number of ether oxygens (including phenoxy) is 2. The second kappa shape index (κ2) is 8.35. The summed E-state index contributed by atoms with van der Waals surface area (Å²) in [6.45, 7) is 5.94. The molecule has 0 fully saturated rings. The molecule has 0 aromatic heterocycles. The fourth-order valence-corrected chi connectivity index (χ4v) is 1.95. The number of hydrogen-bond donors (Lipinski definition) is 0. The fourth-order valence-electron chi connectivity index (χ4n) is 1.95. The SMILES string of the molecule is CCCC(CC(=O)OCC)OC(=O)c1ccccc1C. The van der Waals surface area contributed by atoms with Gasteiger partial charge in [0.2, 0.25) is 0 Å². The number of hydrogen-bond acceptors (Lipinski definition) is 4. The van der Waals surface area contributed by atoms with Crippen LogP contribution in [0.2, 0.25) is 0 Å². The topological polar surface area (TPSA) is 52.6 Å². The maximum Gasteiger partial charge on any atom is 0.338 e. The highest BCUT2D eigenvalue weighted by Gasteiger charge is 2.20. The van der Waals surface area contributed by atoms with Crippen molar-refractivity contribution in [1.29, 1.82) is 0 Å². The number of carbonyl (C=O) groups excluding carboxylic acids is 2. The highest BCUT2D eigenvalue weighted by atomic mass is 16.6. The lowest BCUT2D eigenvalue weighted by molar-refractivity contribution is -0.145. The van der Waals surface area contributed by atoms with Crippen LogP contribution in [0.5, 0.6) is 0 Å². The first-order chi connectivity index (χ1) is 9.58. The lowest BCUT2D eigenvalue weighted by Crippen LogP contribution is -2.23. The predicted octanol–water partition coefficient (Wildman–Crippen LogP) is 3.27. The van der Waals surface area contributed by atoms with Gasteiger partial charge in [0.05, 0.1) is 18.6 Å². The second-order valence-electron chi connectivity index (χ2n) is 4.64. The lowest BCUT2D eigenvalue weighted by Gasteiger charge is -2.17. The molecule has 0 radical (unpaired) electrons. The minimum absolute atomic E-state index is 0.110. The summed E-state index contributed by atoms with van der Waals surface area (Å²) in [5.74, 6) is -0.714. The second-order valence-corrected chi connectivity index (χ2v) is 4.64. The van der Waals surface area contributed by atoms with Crippen molar-refractivity contribution < 1.29 is 19.1 Å². The van der Waals surface area contributed by atoms with E-state index in [1.807, 2.05) is 26.0 Å². The van der Waals surface area contributed by atoms with Crippen LogP contribution in [0.25, 0.3) is 0 Å². The van der Waals surface area contributed by atoms with E-state index in [0.717, 1.165) is 12.0 Å². The lowest BCUT2D eigenvalue weighted by atomic mass is 10.1.